The average Bonchev–Trinajstić information content (AvgIpc) is 2.85. The standard InChI is InChI=1S/C15H12ClN3OS/c1-9-5-4-6-10(16)13(9)18-14(20)19-15-17-11-7-2-3-8-12(11)21-15/h2-8H,1H3,(H2,17,18,19,20). The Labute approximate surface area is 130 Å². The van der Waals surface area contributed by atoms with Gasteiger partial charge in [-0.25, -0.2) is 9.78 Å². The largest absolute Gasteiger partial charge is 0.325 e. The van der Waals surface area contributed by atoms with Crippen molar-refractivity contribution < 1.29 is 4.79 Å². The first-order chi connectivity index (χ1) is 10.1. The van der Waals surface area contributed by atoms with Gasteiger partial charge in [-0.2, -0.15) is 0 Å². The van der Waals surface area contributed by atoms with Crippen LogP contribution in [0, 0.1) is 6.92 Å². The van der Waals surface area contributed by atoms with E-state index in [0.717, 1.165) is 15.8 Å². The molecule has 3 rings (SSSR count). The molecule has 1 aromatic heterocycles. The maximum absolute atomic E-state index is 12.0. The number of hydrogen-bond acceptors (Lipinski definition) is 3. The molecule has 21 heavy (non-hydrogen) atoms. The van der Waals surface area contributed by atoms with Gasteiger partial charge in [0.1, 0.15) is 0 Å². The summed E-state index contributed by atoms with van der Waals surface area (Å²) in [6.45, 7) is 1.89. The number of carbonyl (C=O) groups excluding carboxylic acids is 1. The molecule has 3 aromatic rings. The van der Waals surface area contributed by atoms with Gasteiger partial charge in [0.15, 0.2) is 5.13 Å². The average molecular weight is 318 g/mol. The van der Waals surface area contributed by atoms with Crippen LogP contribution >= 0.6 is 22.9 Å². The van der Waals surface area contributed by atoms with E-state index in [9.17, 15) is 4.79 Å². The van der Waals surface area contributed by atoms with Crippen LogP contribution in [0.25, 0.3) is 10.2 Å². The van der Waals surface area contributed by atoms with Crippen LogP contribution in [0.3, 0.4) is 0 Å². The molecule has 0 aliphatic heterocycles. The minimum Gasteiger partial charge on any atom is -0.306 e. The molecule has 2 aromatic carbocycles. The lowest BCUT2D eigenvalue weighted by molar-refractivity contribution is 0.262. The molecule has 0 bridgehead atoms. The third-order valence-electron chi connectivity index (χ3n) is 2.97. The summed E-state index contributed by atoms with van der Waals surface area (Å²) in [7, 11) is 0. The monoisotopic (exact) mass is 317 g/mol. The van der Waals surface area contributed by atoms with Gasteiger partial charge in [0, 0.05) is 0 Å². The molecule has 0 radical (unpaired) electrons. The molecule has 0 fully saturated rings. The zero-order chi connectivity index (χ0) is 14.8. The van der Waals surface area contributed by atoms with Gasteiger partial charge in [-0.15, -0.1) is 0 Å². The van der Waals surface area contributed by atoms with Crippen molar-refractivity contribution in [2.24, 2.45) is 0 Å². The molecule has 4 nitrogen and oxygen atoms in total. The number of halogens is 1. The fourth-order valence-corrected chi connectivity index (χ4v) is 3.09. The third kappa shape index (κ3) is 2.99. The first kappa shape index (κ1) is 13.9. The van der Waals surface area contributed by atoms with E-state index >= 15 is 0 Å². The van der Waals surface area contributed by atoms with Crippen molar-refractivity contribution >= 4 is 50.0 Å². The molecule has 6 heteroatoms. The van der Waals surface area contributed by atoms with Crippen molar-refractivity contribution in [1.29, 1.82) is 0 Å². The fraction of sp³-hybridized carbons (Fsp3) is 0.0667. The highest BCUT2D eigenvalue weighted by molar-refractivity contribution is 7.22. The molecular formula is C15H12ClN3OS. The van der Waals surface area contributed by atoms with Gasteiger partial charge in [-0.05, 0) is 30.7 Å². The van der Waals surface area contributed by atoms with Crippen LogP contribution < -0.4 is 10.6 Å². The number of urea groups is 1. The van der Waals surface area contributed by atoms with Gasteiger partial charge in [0.25, 0.3) is 0 Å². The number of carbonyl (C=O) groups is 1. The van der Waals surface area contributed by atoms with Crippen LogP contribution in [0.5, 0.6) is 0 Å². The number of benzene rings is 2. The van der Waals surface area contributed by atoms with Crippen LogP contribution in [-0.4, -0.2) is 11.0 Å². The molecule has 2 N–H and O–H groups in total. The molecular weight excluding hydrogens is 306 g/mol. The second-order valence-corrected chi connectivity index (χ2v) is 5.94. The van der Waals surface area contributed by atoms with E-state index < -0.39 is 0 Å². The topological polar surface area (TPSA) is 54.0 Å². The Kier molecular flexibility index (Phi) is 3.77. The van der Waals surface area contributed by atoms with E-state index in [2.05, 4.69) is 15.6 Å². The summed E-state index contributed by atoms with van der Waals surface area (Å²) < 4.78 is 1.03. The Morgan fingerprint density at radius 1 is 1.14 bits per heavy atom. The number of aryl methyl sites for hydroxylation is 1. The maximum atomic E-state index is 12.0. The molecule has 1 heterocycles. The fourth-order valence-electron chi connectivity index (χ4n) is 1.96. The summed E-state index contributed by atoms with van der Waals surface area (Å²) in [6.07, 6.45) is 0. The number of amides is 2. The molecule has 2 amide bonds. The smallest absolute Gasteiger partial charge is 0.306 e. The Hall–Kier alpha value is -2.11. The zero-order valence-corrected chi connectivity index (χ0v) is 12.8. The highest BCUT2D eigenvalue weighted by atomic mass is 35.5. The van der Waals surface area contributed by atoms with Crippen molar-refractivity contribution in [3.63, 3.8) is 0 Å². The summed E-state index contributed by atoms with van der Waals surface area (Å²) in [4.78, 5) is 16.4. The molecule has 0 saturated heterocycles. The number of para-hydroxylation sites is 2. The summed E-state index contributed by atoms with van der Waals surface area (Å²) in [5, 5.41) is 6.55. The Morgan fingerprint density at radius 3 is 2.71 bits per heavy atom. The van der Waals surface area contributed by atoms with Crippen LogP contribution in [0.15, 0.2) is 42.5 Å². The van der Waals surface area contributed by atoms with Gasteiger partial charge in [-0.1, -0.05) is 47.2 Å². The van der Waals surface area contributed by atoms with Crippen molar-refractivity contribution in [2.75, 3.05) is 10.6 Å². The lowest BCUT2D eigenvalue weighted by Gasteiger charge is -2.09. The highest BCUT2D eigenvalue weighted by Gasteiger charge is 2.10. The Bertz CT molecular complexity index is 762. The minimum atomic E-state index is -0.356. The van der Waals surface area contributed by atoms with Crippen molar-refractivity contribution in [3.05, 3.63) is 53.1 Å². The number of rotatable bonds is 2. The second-order valence-electron chi connectivity index (χ2n) is 4.50. The number of nitrogens with zero attached hydrogens (tertiary/aromatic N) is 1. The quantitative estimate of drug-likeness (QED) is 0.706. The minimum absolute atomic E-state index is 0.356. The number of hydrogen-bond donors (Lipinski definition) is 2. The normalized spacial score (nSPS) is 10.6. The molecule has 0 unspecified atom stereocenters. The van der Waals surface area contributed by atoms with E-state index in [1.165, 1.54) is 11.3 Å². The third-order valence-corrected chi connectivity index (χ3v) is 4.24. The van der Waals surface area contributed by atoms with Crippen LogP contribution in [0.2, 0.25) is 5.02 Å². The molecule has 0 saturated carbocycles. The molecule has 106 valence electrons. The number of aromatic nitrogens is 1. The summed E-state index contributed by atoms with van der Waals surface area (Å²) >= 11 is 7.51. The predicted molar refractivity (Wildman–Crippen MR) is 88.5 cm³/mol. The van der Waals surface area contributed by atoms with E-state index in [0.29, 0.717) is 15.8 Å². The van der Waals surface area contributed by atoms with Gasteiger partial charge in [0.05, 0.1) is 20.9 Å². The van der Waals surface area contributed by atoms with Gasteiger partial charge >= 0.3 is 6.03 Å². The van der Waals surface area contributed by atoms with E-state index in [1.807, 2.05) is 43.3 Å². The Balaban J connectivity index is 1.77. The molecule has 0 atom stereocenters. The lowest BCUT2D eigenvalue weighted by Crippen LogP contribution is -2.20. The molecule has 0 aliphatic carbocycles. The van der Waals surface area contributed by atoms with Gasteiger partial charge < -0.3 is 5.32 Å². The first-order valence-electron chi connectivity index (χ1n) is 6.32. The summed E-state index contributed by atoms with van der Waals surface area (Å²) in [5.41, 5.74) is 2.38. The van der Waals surface area contributed by atoms with Crippen molar-refractivity contribution in [1.82, 2.24) is 4.98 Å². The van der Waals surface area contributed by atoms with E-state index in [-0.39, 0.29) is 6.03 Å². The second kappa shape index (κ2) is 5.71. The lowest BCUT2D eigenvalue weighted by atomic mass is 10.2. The van der Waals surface area contributed by atoms with E-state index in [1.54, 1.807) is 6.07 Å². The number of anilines is 2. The molecule has 0 spiro atoms. The SMILES string of the molecule is Cc1cccc(Cl)c1NC(=O)Nc1nc2ccccc2s1. The van der Waals surface area contributed by atoms with Crippen molar-refractivity contribution in [3.8, 4) is 0 Å². The number of fused-ring (bicyclic) bond motifs is 1. The van der Waals surface area contributed by atoms with E-state index in [4.69, 9.17) is 11.6 Å². The number of nitrogens with one attached hydrogen (secondary N) is 2. The summed E-state index contributed by atoms with van der Waals surface area (Å²) in [6, 6.07) is 12.8. The zero-order valence-electron chi connectivity index (χ0n) is 11.2. The van der Waals surface area contributed by atoms with Crippen LogP contribution in [0.4, 0.5) is 15.6 Å². The first-order valence-corrected chi connectivity index (χ1v) is 7.51. The van der Waals surface area contributed by atoms with Crippen LogP contribution in [-0.2, 0) is 0 Å². The predicted octanol–water partition coefficient (Wildman–Crippen LogP) is 4.90. The maximum Gasteiger partial charge on any atom is 0.325 e. The van der Waals surface area contributed by atoms with Crippen molar-refractivity contribution in [2.45, 2.75) is 6.92 Å². The highest BCUT2D eigenvalue weighted by Crippen LogP contribution is 2.27. The van der Waals surface area contributed by atoms with Gasteiger partial charge in [0.2, 0.25) is 0 Å². The Morgan fingerprint density at radius 2 is 1.95 bits per heavy atom. The molecule has 0 aliphatic rings. The summed E-state index contributed by atoms with van der Waals surface area (Å²) in [5.74, 6) is 0. The number of thiazole rings is 1. The van der Waals surface area contributed by atoms with Crippen LogP contribution in [0.1, 0.15) is 5.56 Å². The van der Waals surface area contributed by atoms with Gasteiger partial charge in [-0.3, -0.25) is 5.32 Å².